The number of amides is 3. The van der Waals surface area contributed by atoms with Crippen molar-refractivity contribution in [2.45, 2.75) is 38.8 Å². The number of imide groups is 1. The number of carbonyl (C=O) groups excluding carboxylic acids is 2. The molecular weight excluding hydrogens is 342 g/mol. The highest BCUT2D eigenvalue weighted by molar-refractivity contribution is 6.30. The van der Waals surface area contributed by atoms with Crippen LogP contribution in [-0.4, -0.2) is 54.0 Å². The van der Waals surface area contributed by atoms with Crippen LogP contribution in [0.25, 0.3) is 0 Å². The highest BCUT2D eigenvalue weighted by Crippen LogP contribution is 2.44. The number of benzene rings is 1. The van der Waals surface area contributed by atoms with Crippen molar-refractivity contribution in [3.05, 3.63) is 28.8 Å². The number of hydrogen-bond donors (Lipinski definition) is 1. The van der Waals surface area contributed by atoms with Gasteiger partial charge in [-0.2, -0.15) is 0 Å². The van der Waals surface area contributed by atoms with E-state index in [0.717, 1.165) is 13.1 Å². The molecule has 2 aliphatic heterocycles. The van der Waals surface area contributed by atoms with Gasteiger partial charge in [0.2, 0.25) is 0 Å². The van der Waals surface area contributed by atoms with Crippen LogP contribution in [0.15, 0.2) is 18.2 Å². The Bertz CT molecular complexity index is 692. The van der Waals surface area contributed by atoms with Gasteiger partial charge in [-0.1, -0.05) is 25.4 Å². The summed E-state index contributed by atoms with van der Waals surface area (Å²) in [6, 6.07) is 4.85. The number of ether oxygens (including phenoxy) is 1. The van der Waals surface area contributed by atoms with Gasteiger partial charge < -0.3 is 15.0 Å². The van der Waals surface area contributed by atoms with E-state index in [9.17, 15) is 9.59 Å². The van der Waals surface area contributed by atoms with Crippen LogP contribution in [0.4, 0.5) is 4.79 Å². The highest BCUT2D eigenvalue weighted by atomic mass is 35.5. The standard InChI is InChI=1S/C18H24ClN3O3/c1-4-21(5-2)8-9-22-16(23)18(20-17(22)24)11-12(3)25-15-7-6-13(19)10-14(15)18/h6-7,10,12H,4-5,8-9,11H2,1-3H3,(H,20,24). The minimum absolute atomic E-state index is 0.180. The number of carbonyl (C=O) groups is 2. The number of rotatable bonds is 5. The van der Waals surface area contributed by atoms with E-state index in [0.29, 0.717) is 35.8 Å². The van der Waals surface area contributed by atoms with Crippen LogP contribution < -0.4 is 10.1 Å². The molecule has 1 saturated heterocycles. The van der Waals surface area contributed by atoms with E-state index in [1.54, 1.807) is 18.2 Å². The van der Waals surface area contributed by atoms with Crippen molar-refractivity contribution in [1.82, 2.24) is 15.1 Å². The topological polar surface area (TPSA) is 61.9 Å². The average molecular weight is 366 g/mol. The maximum atomic E-state index is 13.2. The summed E-state index contributed by atoms with van der Waals surface area (Å²) in [5.41, 5.74) is -0.445. The summed E-state index contributed by atoms with van der Waals surface area (Å²) in [6.07, 6.45) is 0.216. The summed E-state index contributed by atoms with van der Waals surface area (Å²) in [7, 11) is 0. The third kappa shape index (κ3) is 3.09. The highest BCUT2D eigenvalue weighted by Gasteiger charge is 2.56. The smallest absolute Gasteiger partial charge is 0.325 e. The molecule has 25 heavy (non-hydrogen) atoms. The fourth-order valence-electron chi connectivity index (χ4n) is 3.67. The number of fused-ring (bicyclic) bond motifs is 2. The molecule has 0 saturated carbocycles. The molecule has 6 nitrogen and oxygen atoms in total. The molecule has 1 N–H and O–H groups in total. The van der Waals surface area contributed by atoms with Crippen molar-refractivity contribution >= 4 is 23.5 Å². The summed E-state index contributed by atoms with van der Waals surface area (Å²) in [4.78, 5) is 29.3. The second-order valence-electron chi connectivity index (χ2n) is 6.59. The van der Waals surface area contributed by atoms with Gasteiger partial charge in [-0.15, -0.1) is 0 Å². The minimum Gasteiger partial charge on any atom is -0.490 e. The number of urea groups is 1. The molecule has 1 fully saturated rings. The lowest BCUT2D eigenvalue weighted by atomic mass is 9.82. The Morgan fingerprint density at radius 1 is 1.36 bits per heavy atom. The van der Waals surface area contributed by atoms with Crippen LogP contribution in [0.2, 0.25) is 5.02 Å². The van der Waals surface area contributed by atoms with Gasteiger partial charge in [0.1, 0.15) is 5.75 Å². The minimum atomic E-state index is -1.09. The molecule has 2 atom stereocenters. The molecular formula is C18H24ClN3O3. The van der Waals surface area contributed by atoms with Gasteiger partial charge in [0, 0.05) is 30.1 Å². The van der Waals surface area contributed by atoms with Crippen molar-refractivity contribution in [3.63, 3.8) is 0 Å². The molecule has 0 aromatic heterocycles. The maximum absolute atomic E-state index is 13.2. The van der Waals surface area contributed by atoms with E-state index < -0.39 is 5.54 Å². The van der Waals surface area contributed by atoms with Crippen LogP contribution in [0.1, 0.15) is 32.8 Å². The normalized spacial score (nSPS) is 25.3. The van der Waals surface area contributed by atoms with Gasteiger partial charge in [0.25, 0.3) is 5.91 Å². The van der Waals surface area contributed by atoms with E-state index in [-0.39, 0.29) is 18.0 Å². The first-order valence-electron chi connectivity index (χ1n) is 8.74. The predicted molar refractivity (Wildman–Crippen MR) is 95.9 cm³/mol. The van der Waals surface area contributed by atoms with E-state index in [1.807, 2.05) is 6.92 Å². The molecule has 2 heterocycles. The summed E-state index contributed by atoms with van der Waals surface area (Å²) in [5.74, 6) is 0.380. The third-order valence-electron chi connectivity index (χ3n) is 5.03. The van der Waals surface area contributed by atoms with Gasteiger partial charge in [-0.3, -0.25) is 9.69 Å². The second kappa shape index (κ2) is 6.84. The second-order valence-corrected chi connectivity index (χ2v) is 7.03. The van der Waals surface area contributed by atoms with Crippen molar-refractivity contribution in [1.29, 1.82) is 0 Å². The molecule has 1 aromatic rings. The Morgan fingerprint density at radius 3 is 2.76 bits per heavy atom. The summed E-state index contributed by atoms with van der Waals surface area (Å²) >= 11 is 6.14. The lowest BCUT2D eigenvalue weighted by molar-refractivity contribution is -0.133. The zero-order valence-corrected chi connectivity index (χ0v) is 15.6. The van der Waals surface area contributed by atoms with Crippen molar-refractivity contribution in [2.24, 2.45) is 0 Å². The Labute approximate surface area is 153 Å². The summed E-state index contributed by atoms with van der Waals surface area (Å²) in [5, 5.41) is 3.44. The monoisotopic (exact) mass is 365 g/mol. The zero-order chi connectivity index (χ0) is 18.2. The van der Waals surface area contributed by atoms with E-state index in [2.05, 4.69) is 24.1 Å². The number of hydrogen-bond acceptors (Lipinski definition) is 4. The molecule has 0 radical (unpaired) electrons. The molecule has 7 heteroatoms. The molecule has 2 aliphatic rings. The van der Waals surface area contributed by atoms with Crippen molar-refractivity contribution in [3.8, 4) is 5.75 Å². The first-order valence-corrected chi connectivity index (χ1v) is 9.12. The number of likely N-dealkylation sites (N-methyl/N-ethyl adjacent to an activating group) is 1. The first kappa shape index (κ1) is 18.0. The SMILES string of the molecule is CCN(CC)CCN1C(=O)NC2(CC(C)Oc3ccc(Cl)cc32)C1=O. The van der Waals surface area contributed by atoms with E-state index in [4.69, 9.17) is 16.3 Å². The fourth-order valence-corrected chi connectivity index (χ4v) is 3.84. The van der Waals surface area contributed by atoms with Crippen molar-refractivity contribution in [2.75, 3.05) is 26.2 Å². The van der Waals surface area contributed by atoms with Crippen LogP contribution in [0.5, 0.6) is 5.75 Å². The molecule has 1 spiro atoms. The largest absolute Gasteiger partial charge is 0.490 e. The molecule has 136 valence electrons. The summed E-state index contributed by atoms with van der Waals surface area (Å²) in [6.45, 7) is 8.83. The third-order valence-corrected chi connectivity index (χ3v) is 5.27. The summed E-state index contributed by atoms with van der Waals surface area (Å²) < 4.78 is 5.84. The van der Waals surface area contributed by atoms with Crippen LogP contribution in [-0.2, 0) is 10.3 Å². The lowest BCUT2D eigenvalue weighted by Crippen LogP contribution is -2.50. The van der Waals surface area contributed by atoms with Gasteiger partial charge in [0.15, 0.2) is 5.54 Å². The molecule has 3 amide bonds. The number of halogens is 1. The van der Waals surface area contributed by atoms with E-state index >= 15 is 0 Å². The van der Waals surface area contributed by atoms with E-state index in [1.165, 1.54) is 4.90 Å². The predicted octanol–water partition coefficient (Wildman–Crippen LogP) is 2.60. The van der Waals surface area contributed by atoms with Gasteiger partial charge in [-0.05, 0) is 38.2 Å². The van der Waals surface area contributed by atoms with Crippen molar-refractivity contribution < 1.29 is 14.3 Å². The Morgan fingerprint density at radius 2 is 2.08 bits per heavy atom. The van der Waals surface area contributed by atoms with Gasteiger partial charge in [0.05, 0.1) is 6.10 Å². The molecule has 0 aliphatic carbocycles. The molecule has 2 unspecified atom stereocenters. The average Bonchev–Trinajstić information content (AvgIpc) is 2.81. The van der Waals surface area contributed by atoms with Crippen LogP contribution in [0.3, 0.4) is 0 Å². The zero-order valence-electron chi connectivity index (χ0n) is 14.8. The number of nitrogens with zero attached hydrogens (tertiary/aromatic N) is 2. The molecule has 3 rings (SSSR count). The fraction of sp³-hybridized carbons (Fsp3) is 0.556. The first-order chi connectivity index (χ1) is 11.9. The van der Waals surface area contributed by atoms with Gasteiger partial charge in [-0.25, -0.2) is 4.79 Å². The lowest BCUT2D eigenvalue weighted by Gasteiger charge is -2.36. The Hall–Kier alpha value is -1.79. The quantitative estimate of drug-likeness (QED) is 0.815. The maximum Gasteiger partial charge on any atom is 0.325 e. The van der Waals surface area contributed by atoms with Crippen LogP contribution in [0, 0.1) is 0 Å². The Kier molecular flexibility index (Phi) is 4.93. The molecule has 1 aromatic carbocycles. The van der Waals surface area contributed by atoms with Crippen LogP contribution >= 0.6 is 11.6 Å². The molecule has 0 bridgehead atoms. The van der Waals surface area contributed by atoms with Gasteiger partial charge >= 0.3 is 6.03 Å². The Balaban J connectivity index is 1.92. The number of nitrogens with one attached hydrogen (secondary N) is 1.